The Morgan fingerprint density at radius 3 is 2.50 bits per heavy atom. The lowest BCUT2D eigenvalue weighted by Crippen LogP contribution is -2.45. The molecule has 5 rings (SSSR count). The first kappa shape index (κ1) is 21.1. The van der Waals surface area contributed by atoms with Gasteiger partial charge in [-0.1, -0.05) is 42.5 Å². The van der Waals surface area contributed by atoms with Crippen LogP contribution in [0.25, 0.3) is 11.3 Å². The first-order valence-electron chi connectivity index (χ1n) is 11.6. The van der Waals surface area contributed by atoms with Crippen molar-refractivity contribution in [3.63, 3.8) is 0 Å². The predicted octanol–water partition coefficient (Wildman–Crippen LogP) is 4.40. The Morgan fingerprint density at radius 1 is 1.03 bits per heavy atom. The molecule has 0 amide bonds. The van der Waals surface area contributed by atoms with Crippen LogP contribution in [0.15, 0.2) is 42.5 Å². The lowest BCUT2D eigenvalue weighted by Gasteiger charge is -2.43. The normalized spacial score (nSPS) is 19.4. The minimum Gasteiger partial charge on any atom is -0.390 e. The van der Waals surface area contributed by atoms with Crippen molar-refractivity contribution >= 4 is 5.82 Å². The molecule has 1 aliphatic carbocycles. The summed E-state index contributed by atoms with van der Waals surface area (Å²) in [4.78, 5) is 12.1. The van der Waals surface area contributed by atoms with E-state index in [1.54, 1.807) is 0 Å². The van der Waals surface area contributed by atoms with E-state index in [0.717, 1.165) is 55.1 Å². The third kappa shape index (κ3) is 3.31. The van der Waals surface area contributed by atoms with E-state index in [2.05, 4.69) is 61.2 Å². The molecular formula is C27H32N4O. The van der Waals surface area contributed by atoms with Crippen LogP contribution in [-0.4, -0.2) is 28.2 Å². The first-order valence-corrected chi connectivity index (χ1v) is 11.6. The molecule has 0 bridgehead atoms. The van der Waals surface area contributed by atoms with Crippen LogP contribution >= 0.6 is 0 Å². The highest BCUT2D eigenvalue weighted by Crippen LogP contribution is 2.51. The molecule has 5 heteroatoms. The van der Waals surface area contributed by atoms with Gasteiger partial charge in [-0.25, -0.2) is 9.97 Å². The number of nitrogens with zero attached hydrogens (tertiary/aromatic N) is 3. The van der Waals surface area contributed by atoms with Crippen molar-refractivity contribution in [2.75, 3.05) is 18.0 Å². The smallest absolute Gasteiger partial charge is 0.153 e. The highest BCUT2D eigenvalue weighted by molar-refractivity contribution is 5.68. The SMILES string of the molecule is Cc1cccc(-c2nc(CO)c(N3CCC4(CC3)Cc3ccccc3[C@@H]4N)nc2C)c1C. The van der Waals surface area contributed by atoms with Crippen molar-refractivity contribution in [2.24, 2.45) is 11.1 Å². The summed E-state index contributed by atoms with van der Waals surface area (Å²) >= 11 is 0. The molecule has 2 aliphatic rings. The van der Waals surface area contributed by atoms with Crippen LogP contribution in [0.4, 0.5) is 5.82 Å². The Labute approximate surface area is 190 Å². The molecule has 0 radical (unpaired) electrons. The highest BCUT2D eigenvalue weighted by Gasteiger charge is 2.46. The van der Waals surface area contributed by atoms with E-state index >= 15 is 0 Å². The lowest BCUT2D eigenvalue weighted by molar-refractivity contribution is 0.186. The molecule has 2 heterocycles. The Balaban J connectivity index is 1.42. The van der Waals surface area contributed by atoms with Crippen molar-refractivity contribution in [1.29, 1.82) is 0 Å². The fraction of sp³-hybridized carbons (Fsp3) is 0.407. The third-order valence-electron chi connectivity index (χ3n) is 7.78. The van der Waals surface area contributed by atoms with Gasteiger partial charge in [0.05, 0.1) is 18.0 Å². The quantitative estimate of drug-likeness (QED) is 0.647. The van der Waals surface area contributed by atoms with Crippen molar-refractivity contribution in [1.82, 2.24) is 9.97 Å². The summed E-state index contributed by atoms with van der Waals surface area (Å²) in [6, 6.07) is 15.0. The Bertz CT molecular complexity index is 1160. The predicted molar refractivity (Wildman–Crippen MR) is 129 cm³/mol. The molecule has 32 heavy (non-hydrogen) atoms. The standard InChI is InChI=1S/C27H32N4O/c1-17-7-6-10-21(18(17)2)24-19(3)29-26(23(16-32)30-24)31-13-11-27(12-14-31)15-20-8-4-5-9-22(20)25(27)28/h4-10,25,32H,11-16,28H2,1-3H3/t25-/m0/s1. The van der Waals surface area contributed by atoms with Gasteiger partial charge >= 0.3 is 0 Å². The van der Waals surface area contributed by atoms with Crippen LogP contribution in [0.5, 0.6) is 0 Å². The van der Waals surface area contributed by atoms with Gasteiger partial charge in [-0.05, 0) is 67.7 Å². The average molecular weight is 429 g/mol. The third-order valence-corrected chi connectivity index (χ3v) is 7.78. The molecule has 166 valence electrons. The van der Waals surface area contributed by atoms with E-state index in [1.165, 1.54) is 22.3 Å². The summed E-state index contributed by atoms with van der Waals surface area (Å²) in [6.45, 7) is 7.89. The Morgan fingerprint density at radius 2 is 1.78 bits per heavy atom. The number of anilines is 1. The summed E-state index contributed by atoms with van der Waals surface area (Å²) in [5.41, 5.74) is 15.5. The van der Waals surface area contributed by atoms with E-state index in [0.29, 0.717) is 5.69 Å². The molecule has 1 fully saturated rings. The molecular weight excluding hydrogens is 396 g/mol. The monoisotopic (exact) mass is 428 g/mol. The van der Waals surface area contributed by atoms with E-state index < -0.39 is 0 Å². The zero-order chi connectivity index (χ0) is 22.5. The van der Waals surface area contributed by atoms with Gasteiger partial charge < -0.3 is 15.7 Å². The Kier molecular flexibility index (Phi) is 5.26. The lowest BCUT2D eigenvalue weighted by atomic mass is 9.73. The number of fused-ring (bicyclic) bond motifs is 1. The summed E-state index contributed by atoms with van der Waals surface area (Å²) in [5, 5.41) is 10.2. The van der Waals surface area contributed by atoms with E-state index in [-0.39, 0.29) is 18.1 Å². The molecule has 3 aromatic rings. The average Bonchev–Trinajstić information content (AvgIpc) is 3.07. The minimum absolute atomic E-state index is 0.0950. The second-order valence-electron chi connectivity index (χ2n) is 9.54. The second kappa shape index (κ2) is 7.98. The Hall–Kier alpha value is -2.76. The molecule has 1 spiro atoms. The van der Waals surface area contributed by atoms with Crippen molar-refractivity contribution < 1.29 is 5.11 Å². The van der Waals surface area contributed by atoms with Crippen LogP contribution in [0.2, 0.25) is 0 Å². The molecule has 1 aliphatic heterocycles. The summed E-state index contributed by atoms with van der Waals surface area (Å²) < 4.78 is 0. The highest BCUT2D eigenvalue weighted by atomic mass is 16.3. The zero-order valence-corrected chi connectivity index (χ0v) is 19.2. The van der Waals surface area contributed by atoms with Crippen molar-refractivity contribution in [2.45, 2.75) is 52.7 Å². The van der Waals surface area contributed by atoms with Gasteiger partial charge in [-0.2, -0.15) is 0 Å². The summed E-state index contributed by atoms with van der Waals surface area (Å²) in [5.74, 6) is 0.818. The fourth-order valence-corrected chi connectivity index (χ4v) is 5.63. The maximum absolute atomic E-state index is 10.2. The van der Waals surface area contributed by atoms with Crippen LogP contribution in [0.3, 0.4) is 0 Å². The van der Waals surface area contributed by atoms with Gasteiger partial charge in [0.15, 0.2) is 5.82 Å². The second-order valence-corrected chi connectivity index (χ2v) is 9.54. The fourth-order valence-electron chi connectivity index (χ4n) is 5.63. The van der Waals surface area contributed by atoms with E-state index in [4.69, 9.17) is 15.7 Å². The van der Waals surface area contributed by atoms with Crippen LogP contribution in [0, 0.1) is 26.2 Å². The van der Waals surface area contributed by atoms with Gasteiger partial charge in [0.25, 0.3) is 0 Å². The molecule has 1 saturated heterocycles. The van der Waals surface area contributed by atoms with E-state index in [9.17, 15) is 5.11 Å². The number of nitrogens with two attached hydrogens (primary N) is 1. The van der Waals surface area contributed by atoms with E-state index in [1.807, 2.05) is 6.92 Å². The number of rotatable bonds is 3. The van der Waals surface area contributed by atoms with Gasteiger partial charge in [-0.3, -0.25) is 0 Å². The van der Waals surface area contributed by atoms with Crippen molar-refractivity contribution in [3.05, 3.63) is 76.1 Å². The number of aromatic nitrogens is 2. The molecule has 3 N–H and O–H groups in total. The zero-order valence-electron chi connectivity index (χ0n) is 19.2. The van der Waals surface area contributed by atoms with Gasteiger partial charge in [0, 0.05) is 24.7 Å². The van der Waals surface area contributed by atoms with Gasteiger partial charge in [0.2, 0.25) is 0 Å². The van der Waals surface area contributed by atoms with Gasteiger partial charge in [0.1, 0.15) is 5.69 Å². The number of hydrogen-bond donors (Lipinski definition) is 2. The molecule has 1 atom stereocenters. The van der Waals surface area contributed by atoms with Crippen molar-refractivity contribution in [3.8, 4) is 11.3 Å². The maximum atomic E-state index is 10.2. The topological polar surface area (TPSA) is 75.3 Å². The number of hydrogen-bond acceptors (Lipinski definition) is 5. The summed E-state index contributed by atoms with van der Waals surface area (Å²) in [7, 11) is 0. The molecule has 0 unspecified atom stereocenters. The number of benzene rings is 2. The maximum Gasteiger partial charge on any atom is 0.153 e. The number of aliphatic hydroxyl groups excluding tert-OH is 1. The summed E-state index contributed by atoms with van der Waals surface area (Å²) in [6.07, 6.45) is 3.10. The van der Waals surface area contributed by atoms with Crippen LogP contribution < -0.4 is 10.6 Å². The molecule has 2 aromatic carbocycles. The van der Waals surface area contributed by atoms with Crippen LogP contribution in [-0.2, 0) is 13.0 Å². The first-order chi connectivity index (χ1) is 15.4. The largest absolute Gasteiger partial charge is 0.390 e. The number of aryl methyl sites for hydroxylation is 2. The number of piperidine rings is 1. The molecule has 1 aromatic heterocycles. The van der Waals surface area contributed by atoms with Gasteiger partial charge in [-0.15, -0.1) is 0 Å². The van der Waals surface area contributed by atoms with Crippen LogP contribution in [0.1, 0.15) is 52.5 Å². The molecule has 5 nitrogen and oxygen atoms in total. The number of aliphatic hydroxyl groups is 1. The molecule has 0 saturated carbocycles. The minimum atomic E-state index is -0.118.